The largest absolute Gasteiger partial charge is 0.494 e. The summed E-state index contributed by atoms with van der Waals surface area (Å²) in [6.45, 7) is 7.57. The van der Waals surface area contributed by atoms with Gasteiger partial charge in [-0.25, -0.2) is 0 Å². The zero-order chi connectivity index (χ0) is 20.9. The lowest BCUT2D eigenvalue weighted by Gasteiger charge is -2.14. The number of unbranched alkanes of at least 4 members (excludes halogenated alkanes) is 5. The van der Waals surface area contributed by atoms with Crippen molar-refractivity contribution in [3.8, 4) is 22.6 Å². The molecule has 29 heavy (non-hydrogen) atoms. The van der Waals surface area contributed by atoms with E-state index in [1.807, 2.05) is 24.3 Å². The first-order valence-corrected chi connectivity index (χ1v) is 11.2. The molecule has 1 atom stereocenters. The molecule has 0 aliphatic heterocycles. The van der Waals surface area contributed by atoms with Crippen molar-refractivity contribution in [2.24, 2.45) is 5.92 Å². The van der Waals surface area contributed by atoms with Gasteiger partial charge in [-0.2, -0.15) is 0 Å². The third-order valence-electron chi connectivity index (χ3n) is 4.99. The number of ether oxygens (including phenoxy) is 2. The maximum Gasteiger partial charge on any atom is 0.119 e. The van der Waals surface area contributed by atoms with E-state index in [2.05, 4.69) is 45.0 Å². The summed E-state index contributed by atoms with van der Waals surface area (Å²) in [6, 6.07) is 16.3. The zero-order valence-electron chi connectivity index (χ0n) is 18.4. The Hall–Kier alpha value is -2.00. The quantitative estimate of drug-likeness (QED) is 0.353. The van der Waals surface area contributed by atoms with Crippen molar-refractivity contribution in [1.82, 2.24) is 0 Å². The Labute approximate surface area is 177 Å². The molecule has 3 nitrogen and oxygen atoms in total. The molecule has 160 valence electrons. The minimum Gasteiger partial charge on any atom is -0.494 e. The summed E-state index contributed by atoms with van der Waals surface area (Å²) < 4.78 is 11.6. The SMILES string of the molecule is CCCCCCCCOc1ccc(-c2ccc(OCC(O)CC(C)C)cc2)cc1. The first-order chi connectivity index (χ1) is 14.1. The fraction of sp³-hybridized carbons (Fsp3) is 0.538. The van der Waals surface area contributed by atoms with E-state index < -0.39 is 6.10 Å². The number of hydrogen-bond donors (Lipinski definition) is 1. The zero-order valence-corrected chi connectivity index (χ0v) is 18.4. The Kier molecular flexibility index (Phi) is 10.6. The lowest BCUT2D eigenvalue weighted by Crippen LogP contribution is -2.19. The molecular formula is C26H38O3. The maximum atomic E-state index is 9.93. The average molecular weight is 399 g/mol. The Bertz CT molecular complexity index is 661. The highest BCUT2D eigenvalue weighted by Gasteiger charge is 2.08. The molecule has 2 aromatic rings. The molecule has 1 unspecified atom stereocenters. The van der Waals surface area contributed by atoms with E-state index >= 15 is 0 Å². The normalized spacial score (nSPS) is 12.2. The highest BCUT2D eigenvalue weighted by atomic mass is 16.5. The van der Waals surface area contributed by atoms with Crippen LogP contribution in [0.3, 0.4) is 0 Å². The molecule has 0 aliphatic carbocycles. The number of benzene rings is 2. The lowest BCUT2D eigenvalue weighted by molar-refractivity contribution is 0.0893. The van der Waals surface area contributed by atoms with Crippen molar-refractivity contribution in [1.29, 1.82) is 0 Å². The summed E-state index contributed by atoms with van der Waals surface area (Å²) in [6.07, 6.45) is 8.00. The minimum absolute atomic E-state index is 0.335. The summed E-state index contributed by atoms with van der Waals surface area (Å²) >= 11 is 0. The number of aliphatic hydroxyl groups is 1. The first-order valence-electron chi connectivity index (χ1n) is 11.2. The molecule has 0 aromatic heterocycles. The van der Waals surface area contributed by atoms with Crippen LogP contribution in [0.4, 0.5) is 0 Å². The molecular weight excluding hydrogens is 360 g/mol. The van der Waals surface area contributed by atoms with Crippen LogP contribution in [0.1, 0.15) is 65.7 Å². The number of rotatable bonds is 14. The van der Waals surface area contributed by atoms with Crippen molar-refractivity contribution in [3.63, 3.8) is 0 Å². The Morgan fingerprint density at radius 1 is 0.724 bits per heavy atom. The summed E-state index contributed by atoms with van der Waals surface area (Å²) in [5, 5.41) is 9.93. The molecule has 0 bridgehead atoms. The third-order valence-corrected chi connectivity index (χ3v) is 4.99. The molecule has 2 aromatic carbocycles. The van der Waals surface area contributed by atoms with Gasteiger partial charge in [0.15, 0.2) is 0 Å². The van der Waals surface area contributed by atoms with E-state index in [0.717, 1.165) is 42.1 Å². The van der Waals surface area contributed by atoms with Gasteiger partial charge in [-0.15, -0.1) is 0 Å². The van der Waals surface area contributed by atoms with Gasteiger partial charge in [0.25, 0.3) is 0 Å². The average Bonchev–Trinajstić information content (AvgIpc) is 2.72. The Balaban J connectivity index is 1.74. The van der Waals surface area contributed by atoms with Crippen molar-refractivity contribution in [3.05, 3.63) is 48.5 Å². The molecule has 0 spiro atoms. The topological polar surface area (TPSA) is 38.7 Å². The van der Waals surface area contributed by atoms with Gasteiger partial charge in [0.1, 0.15) is 18.1 Å². The molecule has 0 heterocycles. The van der Waals surface area contributed by atoms with Crippen molar-refractivity contribution >= 4 is 0 Å². The van der Waals surface area contributed by atoms with Gasteiger partial charge in [-0.05, 0) is 54.2 Å². The van der Waals surface area contributed by atoms with Gasteiger partial charge in [0.2, 0.25) is 0 Å². The first kappa shape index (κ1) is 23.3. The van der Waals surface area contributed by atoms with Gasteiger partial charge < -0.3 is 14.6 Å². The van der Waals surface area contributed by atoms with Gasteiger partial charge in [0.05, 0.1) is 12.7 Å². The van der Waals surface area contributed by atoms with E-state index in [9.17, 15) is 5.11 Å². The minimum atomic E-state index is -0.418. The maximum absolute atomic E-state index is 9.93. The van der Waals surface area contributed by atoms with Crippen LogP contribution >= 0.6 is 0 Å². The van der Waals surface area contributed by atoms with Crippen molar-refractivity contribution < 1.29 is 14.6 Å². The van der Waals surface area contributed by atoms with Crippen LogP contribution in [0.25, 0.3) is 11.1 Å². The lowest BCUT2D eigenvalue weighted by atomic mass is 10.1. The van der Waals surface area contributed by atoms with Gasteiger partial charge >= 0.3 is 0 Å². The molecule has 0 amide bonds. The highest BCUT2D eigenvalue weighted by Crippen LogP contribution is 2.25. The van der Waals surface area contributed by atoms with E-state index in [1.54, 1.807) is 0 Å². The molecule has 0 fully saturated rings. The molecule has 1 N–H and O–H groups in total. The predicted octanol–water partition coefficient (Wildman–Crippen LogP) is 6.88. The van der Waals surface area contributed by atoms with Gasteiger partial charge in [-0.1, -0.05) is 77.1 Å². The number of hydrogen-bond acceptors (Lipinski definition) is 3. The monoisotopic (exact) mass is 398 g/mol. The Morgan fingerprint density at radius 2 is 1.24 bits per heavy atom. The van der Waals surface area contributed by atoms with Crippen LogP contribution < -0.4 is 9.47 Å². The van der Waals surface area contributed by atoms with Crippen LogP contribution in [-0.2, 0) is 0 Å². The van der Waals surface area contributed by atoms with E-state index in [1.165, 1.54) is 32.1 Å². The second kappa shape index (κ2) is 13.3. The number of aliphatic hydroxyl groups excluding tert-OH is 1. The smallest absolute Gasteiger partial charge is 0.119 e. The Morgan fingerprint density at radius 3 is 1.79 bits per heavy atom. The van der Waals surface area contributed by atoms with E-state index in [4.69, 9.17) is 9.47 Å². The van der Waals surface area contributed by atoms with E-state index in [0.29, 0.717) is 12.5 Å². The summed E-state index contributed by atoms with van der Waals surface area (Å²) in [5.41, 5.74) is 2.30. The van der Waals surface area contributed by atoms with Crippen LogP contribution in [0, 0.1) is 5.92 Å². The van der Waals surface area contributed by atoms with Crippen LogP contribution in [0.15, 0.2) is 48.5 Å². The summed E-state index contributed by atoms with van der Waals surface area (Å²) in [7, 11) is 0. The summed E-state index contributed by atoms with van der Waals surface area (Å²) in [4.78, 5) is 0. The predicted molar refractivity (Wildman–Crippen MR) is 122 cm³/mol. The fourth-order valence-electron chi connectivity index (χ4n) is 3.36. The fourth-order valence-corrected chi connectivity index (χ4v) is 3.36. The molecule has 0 radical (unpaired) electrons. The second-order valence-electron chi connectivity index (χ2n) is 8.26. The van der Waals surface area contributed by atoms with Crippen LogP contribution in [0.2, 0.25) is 0 Å². The van der Waals surface area contributed by atoms with E-state index in [-0.39, 0.29) is 0 Å². The van der Waals surface area contributed by atoms with Gasteiger partial charge in [-0.3, -0.25) is 0 Å². The second-order valence-corrected chi connectivity index (χ2v) is 8.26. The van der Waals surface area contributed by atoms with Crippen molar-refractivity contribution in [2.75, 3.05) is 13.2 Å². The molecule has 2 rings (SSSR count). The van der Waals surface area contributed by atoms with Crippen LogP contribution in [-0.4, -0.2) is 24.4 Å². The molecule has 0 aliphatic rings. The molecule has 0 saturated carbocycles. The highest BCUT2D eigenvalue weighted by molar-refractivity contribution is 5.64. The third kappa shape index (κ3) is 9.36. The summed E-state index contributed by atoms with van der Waals surface area (Å²) in [5.74, 6) is 2.19. The standard InChI is InChI=1S/C26H38O3/c1-4-5-6-7-8-9-18-28-25-14-10-22(11-15-25)23-12-16-26(17-13-23)29-20-24(27)19-21(2)3/h10-17,21,24,27H,4-9,18-20H2,1-3H3. The van der Waals surface area contributed by atoms with Crippen LogP contribution in [0.5, 0.6) is 11.5 Å². The molecule has 3 heteroatoms. The van der Waals surface area contributed by atoms with Crippen molar-refractivity contribution in [2.45, 2.75) is 71.8 Å². The van der Waals surface area contributed by atoms with Gasteiger partial charge in [0, 0.05) is 0 Å². The molecule has 0 saturated heterocycles.